The molecule has 35 heavy (non-hydrogen) atoms. The first-order chi connectivity index (χ1) is 16.9. The summed E-state index contributed by atoms with van der Waals surface area (Å²) in [6.07, 6.45) is 1.62. The maximum atomic E-state index is 14.1. The van der Waals surface area contributed by atoms with Crippen molar-refractivity contribution in [3.8, 4) is 11.5 Å². The number of rotatable bonds is 8. The van der Waals surface area contributed by atoms with Gasteiger partial charge in [-0.1, -0.05) is 53.5 Å². The van der Waals surface area contributed by atoms with Crippen LogP contribution in [-0.4, -0.2) is 22.7 Å². The number of hydrogen-bond acceptors (Lipinski definition) is 5. The molecule has 1 fully saturated rings. The first-order valence-corrected chi connectivity index (χ1v) is 12.3. The topological polar surface area (TPSA) is 55.8 Å². The minimum absolute atomic E-state index is 0.0775. The largest absolute Gasteiger partial charge is 0.490 e. The van der Waals surface area contributed by atoms with Crippen LogP contribution in [0.15, 0.2) is 65.6 Å². The molecule has 1 aliphatic rings. The molecule has 0 aromatic heterocycles. The molecule has 9 heteroatoms. The number of ether oxygens (including phenoxy) is 2. The maximum absolute atomic E-state index is 14.1. The van der Waals surface area contributed by atoms with Gasteiger partial charge in [0.2, 0.25) is 0 Å². The zero-order valence-electron chi connectivity index (χ0n) is 18.6. The summed E-state index contributed by atoms with van der Waals surface area (Å²) < 4.78 is 25.5. The third-order valence-corrected chi connectivity index (χ3v) is 6.79. The Balaban J connectivity index is 1.53. The van der Waals surface area contributed by atoms with Gasteiger partial charge in [0.1, 0.15) is 12.4 Å². The van der Waals surface area contributed by atoms with E-state index in [1.807, 2.05) is 6.92 Å². The smallest absolute Gasteiger partial charge is 0.293 e. The van der Waals surface area contributed by atoms with Crippen LogP contribution in [0.1, 0.15) is 23.6 Å². The predicted octanol–water partition coefficient (Wildman–Crippen LogP) is 7.35. The van der Waals surface area contributed by atoms with Crippen LogP contribution in [0.5, 0.6) is 11.5 Å². The third kappa shape index (κ3) is 5.81. The summed E-state index contributed by atoms with van der Waals surface area (Å²) in [5, 5.41) is 0.393. The number of benzene rings is 3. The summed E-state index contributed by atoms with van der Waals surface area (Å²) in [7, 11) is 0. The van der Waals surface area contributed by atoms with Crippen molar-refractivity contribution < 1.29 is 23.5 Å². The van der Waals surface area contributed by atoms with Crippen molar-refractivity contribution in [3.05, 3.63) is 98.1 Å². The normalized spacial score (nSPS) is 14.6. The van der Waals surface area contributed by atoms with Gasteiger partial charge in [-0.15, -0.1) is 0 Å². The van der Waals surface area contributed by atoms with Crippen LogP contribution in [0.4, 0.5) is 9.18 Å². The number of carbonyl (C=O) groups excluding carboxylic acids is 2. The van der Waals surface area contributed by atoms with Crippen LogP contribution in [0.3, 0.4) is 0 Å². The lowest BCUT2D eigenvalue weighted by Gasteiger charge is -2.14. The van der Waals surface area contributed by atoms with Gasteiger partial charge in [-0.2, -0.15) is 0 Å². The van der Waals surface area contributed by atoms with Crippen LogP contribution in [0, 0.1) is 5.82 Å². The highest BCUT2D eigenvalue weighted by atomic mass is 35.5. The van der Waals surface area contributed by atoms with E-state index in [2.05, 4.69) is 0 Å². The van der Waals surface area contributed by atoms with Gasteiger partial charge in [-0.05, 0) is 66.2 Å². The lowest BCUT2D eigenvalue weighted by molar-refractivity contribution is -0.123. The SMILES string of the molecule is CCOc1cc(/C=C2\SC(=O)N(Cc3ccccc3Cl)C2=O)ccc1OCc1c(F)cccc1Cl. The van der Waals surface area contributed by atoms with Crippen molar-refractivity contribution in [3.63, 3.8) is 0 Å². The molecule has 1 aliphatic heterocycles. The summed E-state index contributed by atoms with van der Waals surface area (Å²) >= 11 is 13.1. The number of nitrogens with zero attached hydrogens (tertiary/aromatic N) is 1. The molecular weight excluding hydrogens is 512 g/mol. The zero-order chi connectivity index (χ0) is 24.9. The van der Waals surface area contributed by atoms with Crippen molar-refractivity contribution in [2.75, 3.05) is 6.61 Å². The molecule has 0 radical (unpaired) electrons. The van der Waals surface area contributed by atoms with Gasteiger partial charge in [-0.3, -0.25) is 14.5 Å². The van der Waals surface area contributed by atoms with E-state index in [1.165, 1.54) is 12.1 Å². The van der Waals surface area contributed by atoms with E-state index in [1.54, 1.807) is 54.6 Å². The van der Waals surface area contributed by atoms with Crippen LogP contribution in [-0.2, 0) is 17.9 Å². The molecule has 0 N–H and O–H groups in total. The Morgan fingerprint density at radius 2 is 1.74 bits per heavy atom. The van der Waals surface area contributed by atoms with Crippen molar-refractivity contribution in [1.29, 1.82) is 0 Å². The van der Waals surface area contributed by atoms with E-state index in [-0.39, 0.29) is 33.9 Å². The quantitative estimate of drug-likeness (QED) is 0.284. The van der Waals surface area contributed by atoms with E-state index < -0.39 is 11.7 Å². The Kier molecular flexibility index (Phi) is 8.00. The van der Waals surface area contributed by atoms with Crippen molar-refractivity contribution in [2.45, 2.75) is 20.1 Å². The second kappa shape index (κ2) is 11.2. The van der Waals surface area contributed by atoms with Crippen LogP contribution < -0.4 is 9.47 Å². The molecule has 1 heterocycles. The zero-order valence-corrected chi connectivity index (χ0v) is 20.9. The molecule has 1 saturated heterocycles. The molecule has 180 valence electrons. The minimum atomic E-state index is -0.459. The molecule has 0 saturated carbocycles. The minimum Gasteiger partial charge on any atom is -0.490 e. The van der Waals surface area contributed by atoms with Gasteiger partial charge in [0.05, 0.1) is 23.1 Å². The number of imide groups is 1. The van der Waals surface area contributed by atoms with Crippen LogP contribution >= 0.6 is 35.0 Å². The van der Waals surface area contributed by atoms with Gasteiger partial charge < -0.3 is 9.47 Å². The molecule has 3 aromatic carbocycles. The number of thioether (sulfide) groups is 1. The highest BCUT2D eigenvalue weighted by molar-refractivity contribution is 8.18. The van der Waals surface area contributed by atoms with E-state index in [9.17, 15) is 14.0 Å². The van der Waals surface area contributed by atoms with Crippen LogP contribution in [0.25, 0.3) is 6.08 Å². The number of carbonyl (C=O) groups is 2. The Labute approximate surface area is 216 Å². The van der Waals surface area contributed by atoms with E-state index in [0.29, 0.717) is 34.3 Å². The molecular formula is C26H20Cl2FNO4S. The summed E-state index contributed by atoms with van der Waals surface area (Å²) in [5.74, 6) is -0.0360. The molecule has 5 nitrogen and oxygen atoms in total. The van der Waals surface area contributed by atoms with Crippen LogP contribution in [0.2, 0.25) is 10.0 Å². The molecule has 0 aliphatic carbocycles. The fourth-order valence-electron chi connectivity index (χ4n) is 3.41. The number of halogens is 3. The first-order valence-electron chi connectivity index (χ1n) is 10.7. The van der Waals surface area contributed by atoms with Gasteiger partial charge in [0, 0.05) is 10.6 Å². The van der Waals surface area contributed by atoms with Gasteiger partial charge >= 0.3 is 0 Å². The second-order valence-electron chi connectivity index (χ2n) is 7.49. The Hall–Kier alpha value is -3.00. The summed E-state index contributed by atoms with van der Waals surface area (Å²) in [5.41, 5.74) is 1.58. The van der Waals surface area contributed by atoms with E-state index >= 15 is 0 Å². The Bertz CT molecular complexity index is 1290. The fourth-order valence-corrected chi connectivity index (χ4v) is 4.66. The van der Waals surface area contributed by atoms with E-state index in [4.69, 9.17) is 32.7 Å². The van der Waals surface area contributed by atoms with Gasteiger partial charge in [0.15, 0.2) is 11.5 Å². The Morgan fingerprint density at radius 1 is 0.971 bits per heavy atom. The van der Waals surface area contributed by atoms with Crippen molar-refractivity contribution in [1.82, 2.24) is 4.90 Å². The Morgan fingerprint density at radius 3 is 2.49 bits per heavy atom. The average Bonchev–Trinajstić information content (AvgIpc) is 3.09. The highest BCUT2D eigenvalue weighted by Gasteiger charge is 2.35. The van der Waals surface area contributed by atoms with Gasteiger partial charge in [0.25, 0.3) is 11.1 Å². The summed E-state index contributed by atoms with van der Waals surface area (Å²) in [6, 6.07) is 16.6. The molecule has 0 spiro atoms. The monoisotopic (exact) mass is 531 g/mol. The second-order valence-corrected chi connectivity index (χ2v) is 9.29. The van der Waals surface area contributed by atoms with Gasteiger partial charge in [-0.25, -0.2) is 4.39 Å². The standard InChI is InChI=1S/C26H20Cl2FNO4S/c1-2-33-23-12-16(10-11-22(23)34-15-18-20(28)8-5-9-21(18)29)13-24-25(31)30(26(32)35-24)14-17-6-3-4-7-19(17)27/h3-13H,2,14-15H2,1H3/b24-13-. The predicted molar refractivity (Wildman–Crippen MR) is 136 cm³/mol. The first kappa shape index (κ1) is 25.1. The molecule has 0 unspecified atom stereocenters. The molecule has 2 amide bonds. The fraction of sp³-hybridized carbons (Fsp3) is 0.154. The van der Waals surface area contributed by atoms with E-state index in [0.717, 1.165) is 16.7 Å². The molecule has 0 bridgehead atoms. The maximum Gasteiger partial charge on any atom is 0.293 e. The summed E-state index contributed by atoms with van der Waals surface area (Å²) in [6.45, 7) is 2.21. The number of amides is 2. The average molecular weight is 532 g/mol. The molecule has 3 aromatic rings. The summed E-state index contributed by atoms with van der Waals surface area (Å²) in [4.78, 5) is 26.9. The van der Waals surface area contributed by atoms with Crippen molar-refractivity contribution in [2.24, 2.45) is 0 Å². The lowest BCUT2D eigenvalue weighted by Crippen LogP contribution is -2.27. The molecule has 4 rings (SSSR count). The number of hydrogen-bond donors (Lipinski definition) is 0. The highest BCUT2D eigenvalue weighted by Crippen LogP contribution is 2.36. The lowest BCUT2D eigenvalue weighted by atomic mass is 10.1. The van der Waals surface area contributed by atoms with Crippen molar-refractivity contribution >= 4 is 52.2 Å². The third-order valence-electron chi connectivity index (χ3n) is 5.16. The molecule has 0 atom stereocenters.